The van der Waals surface area contributed by atoms with Crippen LogP contribution in [0, 0.1) is 6.92 Å². The summed E-state index contributed by atoms with van der Waals surface area (Å²) in [6.07, 6.45) is 1.67. The standard InChI is InChI=1S/C21H31N3O4S/c1-3-28-13-4-10-22-20-15-17(2)16-21(24-20)23-11-9-18-5-7-19(8-6-18)29(26,27)14-12-25/h5-8,15-16,25H,3-4,9-14H2,1-2H3,(H2,22,23,24). The molecule has 0 saturated carbocycles. The number of ether oxygens (including phenoxy) is 1. The monoisotopic (exact) mass is 421 g/mol. The number of nitrogens with one attached hydrogen (secondary N) is 2. The van der Waals surface area contributed by atoms with Gasteiger partial charge in [-0.25, -0.2) is 13.4 Å². The molecule has 1 aromatic heterocycles. The summed E-state index contributed by atoms with van der Waals surface area (Å²) in [6.45, 7) is 6.61. The van der Waals surface area contributed by atoms with E-state index in [2.05, 4.69) is 15.6 Å². The van der Waals surface area contributed by atoms with E-state index in [-0.39, 0.29) is 17.3 Å². The number of pyridine rings is 1. The van der Waals surface area contributed by atoms with Gasteiger partial charge in [0.1, 0.15) is 11.6 Å². The first-order chi connectivity index (χ1) is 13.9. The lowest BCUT2D eigenvalue weighted by Gasteiger charge is -2.11. The maximum absolute atomic E-state index is 11.9. The molecule has 29 heavy (non-hydrogen) atoms. The minimum absolute atomic E-state index is 0.240. The van der Waals surface area contributed by atoms with Gasteiger partial charge in [0.15, 0.2) is 9.84 Å². The Morgan fingerprint density at radius 3 is 2.34 bits per heavy atom. The average molecular weight is 422 g/mol. The van der Waals surface area contributed by atoms with Crippen LogP contribution in [-0.4, -0.2) is 57.2 Å². The number of benzene rings is 1. The van der Waals surface area contributed by atoms with Crippen LogP contribution in [0.1, 0.15) is 24.5 Å². The van der Waals surface area contributed by atoms with Crippen molar-refractivity contribution in [2.24, 2.45) is 0 Å². The lowest BCUT2D eigenvalue weighted by Crippen LogP contribution is -2.11. The second-order valence-electron chi connectivity index (χ2n) is 6.76. The minimum Gasteiger partial charge on any atom is -0.395 e. The van der Waals surface area contributed by atoms with Gasteiger partial charge in [0, 0.05) is 26.3 Å². The molecule has 2 rings (SSSR count). The summed E-state index contributed by atoms with van der Waals surface area (Å²) in [7, 11) is -3.40. The van der Waals surface area contributed by atoms with Gasteiger partial charge in [0.25, 0.3) is 0 Å². The molecule has 0 radical (unpaired) electrons. The number of aryl methyl sites for hydroxylation is 1. The fourth-order valence-electron chi connectivity index (χ4n) is 2.82. The van der Waals surface area contributed by atoms with Crippen molar-refractivity contribution >= 4 is 21.5 Å². The Balaban J connectivity index is 1.85. The molecule has 3 N–H and O–H groups in total. The van der Waals surface area contributed by atoms with Gasteiger partial charge in [-0.2, -0.15) is 0 Å². The third-order valence-electron chi connectivity index (χ3n) is 4.31. The van der Waals surface area contributed by atoms with Crippen molar-refractivity contribution in [1.29, 1.82) is 0 Å². The summed E-state index contributed by atoms with van der Waals surface area (Å²) in [5, 5.41) is 15.5. The topological polar surface area (TPSA) is 101 Å². The number of anilines is 2. The van der Waals surface area contributed by atoms with E-state index in [9.17, 15) is 8.42 Å². The van der Waals surface area contributed by atoms with Crippen LogP contribution in [0.3, 0.4) is 0 Å². The van der Waals surface area contributed by atoms with Crippen LogP contribution in [0.4, 0.5) is 11.6 Å². The summed E-state index contributed by atoms with van der Waals surface area (Å²) >= 11 is 0. The second kappa shape index (κ2) is 11.7. The van der Waals surface area contributed by atoms with E-state index in [0.29, 0.717) is 6.54 Å². The van der Waals surface area contributed by atoms with Gasteiger partial charge in [0.05, 0.1) is 17.3 Å². The van der Waals surface area contributed by atoms with Crippen molar-refractivity contribution in [3.8, 4) is 0 Å². The van der Waals surface area contributed by atoms with Crippen molar-refractivity contribution in [2.45, 2.75) is 31.6 Å². The zero-order valence-electron chi connectivity index (χ0n) is 17.1. The Bertz CT molecular complexity index is 855. The van der Waals surface area contributed by atoms with Crippen LogP contribution in [0.5, 0.6) is 0 Å². The second-order valence-corrected chi connectivity index (χ2v) is 8.86. The molecule has 0 unspecified atom stereocenters. The molecule has 0 aliphatic carbocycles. The van der Waals surface area contributed by atoms with Crippen LogP contribution in [0.25, 0.3) is 0 Å². The van der Waals surface area contributed by atoms with Crippen LogP contribution < -0.4 is 10.6 Å². The van der Waals surface area contributed by atoms with Crippen molar-refractivity contribution in [3.05, 3.63) is 47.5 Å². The van der Waals surface area contributed by atoms with Crippen LogP contribution in [-0.2, 0) is 21.0 Å². The lowest BCUT2D eigenvalue weighted by molar-refractivity contribution is 0.147. The number of hydrogen-bond donors (Lipinski definition) is 3. The van der Waals surface area contributed by atoms with Crippen LogP contribution >= 0.6 is 0 Å². The third kappa shape index (κ3) is 8.00. The molecule has 0 aliphatic heterocycles. The highest BCUT2D eigenvalue weighted by Crippen LogP contribution is 2.15. The molecule has 0 aliphatic rings. The van der Waals surface area contributed by atoms with Crippen molar-refractivity contribution < 1.29 is 18.3 Å². The van der Waals surface area contributed by atoms with Gasteiger partial charge in [-0.15, -0.1) is 0 Å². The fourth-order valence-corrected chi connectivity index (χ4v) is 3.85. The maximum Gasteiger partial charge on any atom is 0.180 e. The molecule has 0 saturated heterocycles. The molecule has 0 amide bonds. The number of nitrogens with zero attached hydrogens (tertiary/aromatic N) is 1. The van der Waals surface area contributed by atoms with Gasteiger partial charge in [0.2, 0.25) is 0 Å². The number of aliphatic hydroxyl groups excluding tert-OH is 1. The summed E-state index contributed by atoms with van der Waals surface area (Å²) in [5.74, 6) is 1.39. The highest BCUT2D eigenvalue weighted by Gasteiger charge is 2.13. The first kappa shape index (κ1) is 23.1. The van der Waals surface area contributed by atoms with Gasteiger partial charge < -0.3 is 20.5 Å². The molecule has 0 spiro atoms. The van der Waals surface area contributed by atoms with Crippen LogP contribution in [0.15, 0.2) is 41.3 Å². The molecule has 0 atom stereocenters. The quantitative estimate of drug-likeness (QED) is 0.428. The smallest absolute Gasteiger partial charge is 0.180 e. The maximum atomic E-state index is 11.9. The number of aromatic nitrogens is 1. The Kier molecular flexibility index (Phi) is 9.37. The van der Waals surface area contributed by atoms with Crippen molar-refractivity contribution in [3.63, 3.8) is 0 Å². The van der Waals surface area contributed by atoms with E-state index < -0.39 is 9.84 Å². The predicted octanol–water partition coefficient (Wildman–Crippen LogP) is 2.65. The highest BCUT2D eigenvalue weighted by molar-refractivity contribution is 7.91. The molecular formula is C21H31N3O4S. The summed E-state index contributed by atoms with van der Waals surface area (Å²) in [6, 6.07) is 10.8. The summed E-state index contributed by atoms with van der Waals surface area (Å²) in [4.78, 5) is 4.82. The van der Waals surface area contributed by atoms with E-state index in [1.54, 1.807) is 24.3 Å². The first-order valence-corrected chi connectivity index (χ1v) is 11.6. The summed E-state index contributed by atoms with van der Waals surface area (Å²) < 4.78 is 29.2. The van der Waals surface area contributed by atoms with Crippen molar-refractivity contribution in [2.75, 3.05) is 49.3 Å². The Morgan fingerprint density at radius 1 is 1.07 bits per heavy atom. The zero-order chi connectivity index (χ0) is 21.1. The first-order valence-electron chi connectivity index (χ1n) is 9.91. The number of rotatable bonds is 13. The Labute approximate surface area is 173 Å². The average Bonchev–Trinajstić information content (AvgIpc) is 2.68. The molecule has 0 fully saturated rings. The lowest BCUT2D eigenvalue weighted by atomic mass is 10.1. The number of aliphatic hydroxyl groups is 1. The van der Waals surface area contributed by atoms with E-state index in [1.165, 1.54) is 0 Å². The van der Waals surface area contributed by atoms with E-state index in [4.69, 9.17) is 9.84 Å². The molecular weight excluding hydrogens is 390 g/mol. The number of hydrogen-bond acceptors (Lipinski definition) is 7. The minimum atomic E-state index is -3.40. The molecule has 7 nitrogen and oxygen atoms in total. The Hall–Kier alpha value is -2.16. The highest BCUT2D eigenvalue weighted by atomic mass is 32.2. The van der Waals surface area contributed by atoms with E-state index in [1.807, 2.05) is 26.0 Å². The molecule has 2 aromatic rings. The third-order valence-corrected chi connectivity index (χ3v) is 6.02. The van der Waals surface area contributed by atoms with E-state index in [0.717, 1.165) is 55.4 Å². The normalized spacial score (nSPS) is 11.4. The largest absolute Gasteiger partial charge is 0.395 e. The van der Waals surface area contributed by atoms with E-state index >= 15 is 0 Å². The van der Waals surface area contributed by atoms with Gasteiger partial charge >= 0.3 is 0 Å². The zero-order valence-corrected chi connectivity index (χ0v) is 18.0. The van der Waals surface area contributed by atoms with Crippen molar-refractivity contribution in [1.82, 2.24) is 4.98 Å². The SMILES string of the molecule is CCOCCCNc1cc(C)cc(NCCc2ccc(S(=O)(=O)CCO)cc2)n1. The molecule has 1 aromatic carbocycles. The van der Waals surface area contributed by atoms with Crippen LogP contribution in [0.2, 0.25) is 0 Å². The molecule has 8 heteroatoms. The van der Waals surface area contributed by atoms with Gasteiger partial charge in [-0.3, -0.25) is 0 Å². The molecule has 0 bridgehead atoms. The number of sulfone groups is 1. The molecule has 1 heterocycles. The van der Waals surface area contributed by atoms with Gasteiger partial charge in [-0.1, -0.05) is 12.1 Å². The Morgan fingerprint density at radius 2 is 1.72 bits per heavy atom. The predicted molar refractivity (Wildman–Crippen MR) is 116 cm³/mol. The fraction of sp³-hybridized carbons (Fsp3) is 0.476. The molecule has 160 valence electrons. The van der Waals surface area contributed by atoms with Gasteiger partial charge in [-0.05, 0) is 62.1 Å². The summed E-state index contributed by atoms with van der Waals surface area (Å²) in [5.41, 5.74) is 2.15.